The first-order valence-electron chi connectivity index (χ1n) is 9.45. The molecule has 1 N–H and O–H groups in total. The minimum absolute atomic E-state index is 0.0343. The van der Waals surface area contributed by atoms with Gasteiger partial charge in [0.1, 0.15) is 11.5 Å². The highest BCUT2D eigenvalue weighted by Gasteiger charge is 2.29. The predicted molar refractivity (Wildman–Crippen MR) is 106 cm³/mol. The first kappa shape index (κ1) is 19.0. The molecule has 1 saturated heterocycles. The number of carbonyl (C=O) groups is 2. The van der Waals surface area contributed by atoms with Crippen LogP contribution in [0.3, 0.4) is 0 Å². The van der Waals surface area contributed by atoms with E-state index in [1.807, 2.05) is 73.3 Å². The minimum atomic E-state index is -0.165. The molecule has 5 nitrogen and oxygen atoms in total. The molecule has 1 aliphatic rings. The van der Waals surface area contributed by atoms with Gasteiger partial charge in [-0.1, -0.05) is 32.0 Å². The lowest BCUT2D eigenvalue weighted by molar-refractivity contribution is -0.137. The fourth-order valence-electron chi connectivity index (χ4n) is 3.23. The maximum atomic E-state index is 12.6. The van der Waals surface area contributed by atoms with Crippen LogP contribution in [0.15, 0.2) is 54.6 Å². The van der Waals surface area contributed by atoms with Gasteiger partial charge < -0.3 is 15.0 Å². The van der Waals surface area contributed by atoms with Gasteiger partial charge in [0.05, 0.1) is 5.92 Å². The summed E-state index contributed by atoms with van der Waals surface area (Å²) >= 11 is 0. The van der Waals surface area contributed by atoms with E-state index in [9.17, 15) is 9.59 Å². The second kappa shape index (κ2) is 8.71. The molecule has 1 aliphatic heterocycles. The number of carbonyl (C=O) groups excluding carboxylic acids is 2. The fraction of sp³-hybridized carbons (Fsp3) is 0.364. The Labute approximate surface area is 160 Å². The van der Waals surface area contributed by atoms with Gasteiger partial charge in [-0.3, -0.25) is 9.59 Å². The summed E-state index contributed by atoms with van der Waals surface area (Å²) < 4.78 is 5.76. The van der Waals surface area contributed by atoms with Gasteiger partial charge in [0.25, 0.3) is 0 Å². The van der Waals surface area contributed by atoms with Crippen molar-refractivity contribution >= 4 is 17.5 Å². The molecule has 2 aromatic carbocycles. The third-order valence-electron chi connectivity index (χ3n) is 4.70. The second-order valence-corrected chi connectivity index (χ2v) is 7.21. The van der Waals surface area contributed by atoms with Crippen LogP contribution in [0, 0.1) is 11.8 Å². The van der Waals surface area contributed by atoms with Crippen LogP contribution >= 0.6 is 0 Å². The number of hydrogen-bond acceptors (Lipinski definition) is 3. The van der Waals surface area contributed by atoms with Crippen molar-refractivity contribution in [1.29, 1.82) is 0 Å². The molecule has 27 heavy (non-hydrogen) atoms. The highest BCUT2D eigenvalue weighted by atomic mass is 16.5. The van der Waals surface area contributed by atoms with E-state index in [1.54, 1.807) is 0 Å². The lowest BCUT2D eigenvalue weighted by atomic mass is 9.96. The summed E-state index contributed by atoms with van der Waals surface area (Å²) in [4.78, 5) is 26.6. The number of amides is 2. The van der Waals surface area contributed by atoms with Gasteiger partial charge in [0.15, 0.2) is 0 Å². The summed E-state index contributed by atoms with van der Waals surface area (Å²) in [5, 5.41) is 2.96. The number of ether oxygens (including phenoxy) is 1. The van der Waals surface area contributed by atoms with Crippen molar-refractivity contribution in [2.24, 2.45) is 11.8 Å². The van der Waals surface area contributed by atoms with Crippen molar-refractivity contribution in [2.45, 2.75) is 26.7 Å². The molecule has 5 heteroatoms. The Balaban J connectivity index is 1.56. The first-order valence-corrected chi connectivity index (χ1v) is 9.45. The number of para-hydroxylation sites is 1. The maximum absolute atomic E-state index is 12.6. The van der Waals surface area contributed by atoms with Crippen LogP contribution in [0.2, 0.25) is 0 Å². The van der Waals surface area contributed by atoms with Gasteiger partial charge in [0, 0.05) is 24.7 Å². The van der Waals surface area contributed by atoms with E-state index in [1.165, 1.54) is 0 Å². The number of rotatable bonds is 5. The zero-order chi connectivity index (χ0) is 19.2. The largest absolute Gasteiger partial charge is 0.457 e. The van der Waals surface area contributed by atoms with Gasteiger partial charge in [-0.25, -0.2) is 0 Å². The molecule has 3 rings (SSSR count). The fourth-order valence-corrected chi connectivity index (χ4v) is 3.23. The first-order chi connectivity index (χ1) is 13.0. The third-order valence-corrected chi connectivity index (χ3v) is 4.70. The van der Waals surface area contributed by atoms with Crippen molar-refractivity contribution < 1.29 is 14.3 Å². The Morgan fingerprint density at radius 1 is 1.04 bits per heavy atom. The zero-order valence-electron chi connectivity index (χ0n) is 15.9. The standard InChI is InChI=1S/C22H26N2O3/c1-16(2)22(26)24-14-6-7-17(15-24)21(25)23-18-10-12-20(13-11-18)27-19-8-4-3-5-9-19/h3-5,8-13,16-17H,6-7,14-15H2,1-2H3,(H,23,25)/t17-/m0/s1. The Hall–Kier alpha value is -2.82. The Morgan fingerprint density at radius 3 is 2.37 bits per heavy atom. The highest BCUT2D eigenvalue weighted by molar-refractivity contribution is 5.93. The number of benzene rings is 2. The Kier molecular flexibility index (Phi) is 6.12. The van der Waals surface area contributed by atoms with E-state index in [0.717, 1.165) is 30.8 Å². The van der Waals surface area contributed by atoms with Gasteiger partial charge >= 0.3 is 0 Å². The van der Waals surface area contributed by atoms with Crippen LogP contribution in [0.5, 0.6) is 11.5 Å². The van der Waals surface area contributed by atoms with E-state index in [2.05, 4.69) is 5.32 Å². The van der Waals surface area contributed by atoms with Crippen molar-refractivity contribution in [3.8, 4) is 11.5 Å². The summed E-state index contributed by atoms with van der Waals surface area (Å²) in [6, 6.07) is 16.9. The lowest BCUT2D eigenvalue weighted by Gasteiger charge is -2.33. The molecule has 0 unspecified atom stereocenters. The van der Waals surface area contributed by atoms with Crippen LogP contribution in [-0.2, 0) is 9.59 Å². The number of nitrogens with zero attached hydrogens (tertiary/aromatic N) is 1. The zero-order valence-corrected chi connectivity index (χ0v) is 15.9. The molecule has 1 fully saturated rings. The molecule has 0 aromatic heterocycles. The van der Waals surface area contributed by atoms with Crippen molar-refractivity contribution in [1.82, 2.24) is 4.90 Å². The number of anilines is 1. The topological polar surface area (TPSA) is 58.6 Å². The van der Waals surface area contributed by atoms with E-state index in [-0.39, 0.29) is 23.7 Å². The van der Waals surface area contributed by atoms with E-state index in [4.69, 9.17) is 4.74 Å². The number of piperidine rings is 1. The Morgan fingerprint density at radius 2 is 1.70 bits per heavy atom. The molecule has 0 spiro atoms. The molecule has 0 bridgehead atoms. The maximum Gasteiger partial charge on any atom is 0.229 e. The van der Waals surface area contributed by atoms with Crippen LogP contribution in [-0.4, -0.2) is 29.8 Å². The summed E-state index contributed by atoms with van der Waals surface area (Å²) in [6.07, 6.45) is 1.67. The van der Waals surface area contributed by atoms with Crippen LogP contribution in [0.1, 0.15) is 26.7 Å². The summed E-state index contributed by atoms with van der Waals surface area (Å²) in [7, 11) is 0. The number of nitrogens with one attached hydrogen (secondary N) is 1. The molecular formula is C22H26N2O3. The van der Waals surface area contributed by atoms with Crippen molar-refractivity contribution in [3.63, 3.8) is 0 Å². The molecule has 0 aliphatic carbocycles. The highest BCUT2D eigenvalue weighted by Crippen LogP contribution is 2.24. The summed E-state index contributed by atoms with van der Waals surface area (Å²) in [5.74, 6) is 1.37. The van der Waals surface area contributed by atoms with Gasteiger partial charge in [0.2, 0.25) is 11.8 Å². The molecule has 142 valence electrons. The second-order valence-electron chi connectivity index (χ2n) is 7.21. The van der Waals surface area contributed by atoms with Crippen LogP contribution in [0.25, 0.3) is 0 Å². The SMILES string of the molecule is CC(C)C(=O)N1CCC[C@H](C(=O)Nc2ccc(Oc3ccccc3)cc2)C1. The van der Waals surface area contributed by atoms with Crippen LogP contribution < -0.4 is 10.1 Å². The van der Waals surface area contributed by atoms with E-state index < -0.39 is 0 Å². The average Bonchev–Trinajstić information content (AvgIpc) is 2.69. The van der Waals surface area contributed by atoms with Crippen molar-refractivity contribution in [2.75, 3.05) is 18.4 Å². The summed E-state index contributed by atoms with van der Waals surface area (Å²) in [5.41, 5.74) is 0.729. The average molecular weight is 366 g/mol. The molecule has 0 saturated carbocycles. The van der Waals surface area contributed by atoms with Crippen LogP contribution in [0.4, 0.5) is 5.69 Å². The monoisotopic (exact) mass is 366 g/mol. The third kappa shape index (κ3) is 5.09. The molecule has 0 radical (unpaired) electrons. The van der Waals surface area contributed by atoms with Crippen molar-refractivity contribution in [3.05, 3.63) is 54.6 Å². The number of likely N-dealkylation sites (tertiary alicyclic amines) is 1. The van der Waals surface area contributed by atoms with Gasteiger partial charge in [-0.2, -0.15) is 0 Å². The molecule has 2 amide bonds. The van der Waals surface area contributed by atoms with E-state index >= 15 is 0 Å². The molecule has 1 atom stereocenters. The molecular weight excluding hydrogens is 340 g/mol. The predicted octanol–water partition coefficient (Wildman–Crippen LogP) is 4.31. The number of hydrogen-bond donors (Lipinski definition) is 1. The van der Waals surface area contributed by atoms with E-state index in [0.29, 0.717) is 12.3 Å². The Bertz CT molecular complexity index is 772. The molecule has 2 aromatic rings. The smallest absolute Gasteiger partial charge is 0.229 e. The normalized spacial score (nSPS) is 16.9. The minimum Gasteiger partial charge on any atom is -0.457 e. The lowest BCUT2D eigenvalue weighted by Crippen LogP contribution is -2.45. The van der Waals surface area contributed by atoms with Gasteiger partial charge in [-0.05, 0) is 49.2 Å². The quantitative estimate of drug-likeness (QED) is 0.858. The summed E-state index contributed by atoms with van der Waals surface area (Å²) in [6.45, 7) is 5.03. The van der Waals surface area contributed by atoms with Gasteiger partial charge in [-0.15, -0.1) is 0 Å². The molecule has 1 heterocycles.